The van der Waals surface area contributed by atoms with E-state index in [0.29, 0.717) is 52.4 Å². The van der Waals surface area contributed by atoms with E-state index in [1.54, 1.807) is 0 Å². The zero-order valence-electron chi connectivity index (χ0n) is 78.7. The summed E-state index contributed by atoms with van der Waals surface area (Å²) in [6.07, 6.45) is 14.5. The van der Waals surface area contributed by atoms with E-state index in [1.165, 1.54) is 66.8 Å². The van der Waals surface area contributed by atoms with Gasteiger partial charge in [-0.3, -0.25) is 24.9 Å². The normalized spacial score (nSPS) is 12.9. The lowest BCUT2D eigenvalue weighted by Crippen LogP contribution is -2.17. The number of benzene rings is 14. The summed E-state index contributed by atoms with van der Waals surface area (Å²) in [5, 5.41) is 2.23. The molecule has 0 saturated heterocycles. The van der Waals surface area contributed by atoms with Gasteiger partial charge in [-0.25, -0.2) is 44.9 Å². The third-order valence-corrected chi connectivity index (χ3v) is 27.9. The van der Waals surface area contributed by atoms with Gasteiger partial charge in [0.2, 0.25) is 0 Å². The summed E-state index contributed by atoms with van der Waals surface area (Å²) in [7, 11) is 0. The fourth-order valence-corrected chi connectivity index (χ4v) is 20.7. The van der Waals surface area contributed by atoms with E-state index < -0.39 is 0 Å². The molecule has 14 aromatic carbocycles. The number of hydrogen-bond donors (Lipinski definition) is 0. The molecule has 0 unspecified atom stereocenters. The number of furan rings is 1. The molecule has 0 saturated carbocycles. The first-order valence-corrected chi connectivity index (χ1v) is 47.7. The summed E-state index contributed by atoms with van der Waals surface area (Å²) < 4.78 is 6.08. The Morgan fingerprint density at radius 1 is 0.176 bits per heavy atom. The van der Waals surface area contributed by atoms with Gasteiger partial charge < -0.3 is 4.42 Å². The molecule has 15 heteroatoms. The van der Waals surface area contributed by atoms with Crippen LogP contribution in [0.3, 0.4) is 0 Å². The van der Waals surface area contributed by atoms with Crippen molar-refractivity contribution >= 4 is 21.9 Å². The highest BCUT2D eigenvalue weighted by molar-refractivity contribution is 6.06. The van der Waals surface area contributed by atoms with E-state index in [9.17, 15) is 0 Å². The molecule has 674 valence electrons. The molecule has 15 nitrogen and oxygen atoms in total. The van der Waals surface area contributed by atoms with E-state index in [0.717, 1.165) is 139 Å². The molecule has 0 fully saturated rings. The molecule has 0 spiro atoms. The van der Waals surface area contributed by atoms with Gasteiger partial charge in [0.25, 0.3) is 0 Å². The van der Waals surface area contributed by atoms with Crippen molar-refractivity contribution in [3.63, 3.8) is 0 Å². The highest BCUT2D eigenvalue weighted by atomic mass is 16.3. The van der Waals surface area contributed by atoms with Gasteiger partial charge in [0, 0.05) is 138 Å². The van der Waals surface area contributed by atoms with Gasteiger partial charge in [-0.05, 0) is 190 Å². The number of hydrogen-bond acceptors (Lipinski definition) is 15. The Bertz CT molecular complexity index is 8530. The summed E-state index contributed by atoms with van der Waals surface area (Å²) in [5.74, 6) is 5.78. The minimum atomic E-state index is -0.218. The van der Waals surface area contributed by atoms with Crippen molar-refractivity contribution in [1.29, 1.82) is 0 Å². The van der Waals surface area contributed by atoms with Crippen LogP contribution in [0.2, 0.25) is 0 Å². The van der Waals surface area contributed by atoms with Gasteiger partial charge in [-0.15, -0.1) is 0 Å². The first-order chi connectivity index (χ1) is 69.6. The Hall–Kier alpha value is -18.3. The molecule has 0 radical (unpaired) electrons. The summed E-state index contributed by atoms with van der Waals surface area (Å²) in [6, 6.07) is 134. The van der Waals surface area contributed by atoms with Gasteiger partial charge in [0.1, 0.15) is 11.2 Å². The Balaban J connectivity index is 0.000000115. The van der Waals surface area contributed by atoms with Gasteiger partial charge in [-0.1, -0.05) is 351 Å². The highest BCUT2D eigenvalue weighted by Gasteiger charge is 2.41. The second-order valence-corrected chi connectivity index (χ2v) is 37.5. The van der Waals surface area contributed by atoms with Crippen molar-refractivity contribution in [2.75, 3.05) is 0 Å². The summed E-state index contributed by atoms with van der Waals surface area (Å²) in [5.41, 5.74) is 37.8. The summed E-state index contributed by atoms with van der Waals surface area (Å²) in [4.78, 5) is 67.5. The predicted molar refractivity (Wildman–Crippen MR) is 570 cm³/mol. The third kappa shape index (κ3) is 16.0. The average molecular weight is 1830 g/mol. The monoisotopic (exact) mass is 1830 g/mol. The third-order valence-electron chi connectivity index (χ3n) is 27.9. The van der Waals surface area contributed by atoms with E-state index >= 15 is 0 Å². The van der Waals surface area contributed by atoms with Crippen molar-refractivity contribution in [3.05, 3.63) is 471 Å². The molecule has 0 N–H and O–H groups in total. The molecule has 0 atom stereocenters. The van der Waals surface area contributed by atoms with Gasteiger partial charge >= 0.3 is 0 Å². The van der Waals surface area contributed by atoms with Crippen LogP contribution in [-0.4, -0.2) is 69.8 Å². The van der Waals surface area contributed by atoms with Crippen molar-refractivity contribution in [3.8, 4) is 203 Å². The number of rotatable bonds is 15. The fraction of sp³-hybridized carbons (Fsp3) is 0.0709. The van der Waals surface area contributed by atoms with Crippen molar-refractivity contribution in [2.45, 2.75) is 57.8 Å². The molecule has 0 bridgehead atoms. The summed E-state index contributed by atoms with van der Waals surface area (Å²) in [6.45, 7) is 13.8. The first kappa shape index (κ1) is 86.5. The van der Waals surface area contributed by atoms with Gasteiger partial charge in [-0.2, -0.15) is 0 Å². The SMILES string of the molecule is CC1(C)c2ccccc2-c2c(-c3nc(-c4ccc(-c5ccccn5)cc4)nc(-c4ccc(-c5ccccn5)cc4)n3)cccc21.CC1(C)c2ccccc2-c2cccc(-c3nc(-c4ccc(-c5ccncc5)cc4)nc(-c4ccc(-c5ccc6oc7ccccc7c6c5)cc4)n3)c21.CC1(C)c2ccccc2-c2cccc(-c3nc(-c4ccc(-c5ccncc5)cc4)nc(-c4ccc(-c5ccncc5)cc4)n3)c21. The standard InChI is InChI=1S/C47H32N4O.2C40H29N5/c1-47(2)40-12-5-3-8-35(40)37-10-7-11-38(43(37)47)46-50-44(32-18-14-29(15-19-32)31-24-26-48-27-25-31)49-45(51-46)33-20-16-30(17-21-33)34-22-23-42-39(28-34)36-9-4-6-13-41(36)52-42;1-40(2)32-12-4-3-10-30(32)36-31(11-9-13-33(36)40)39-44-37(28-20-16-26(17-21-28)34-14-5-7-24-41-34)43-38(45-39)29-22-18-27(19-23-29)35-15-6-8-25-42-35;1-40(2)35-9-4-3-6-32(35)33-7-5-8-34(36(33)40)39-44-37(30-14-10-26(11-15-30)28-18-22-41-23-19-28)43-38(45-39)31-16-12-27(13-17-31)29-20-24-42-25-21-29/h3-28H,1-2H3;2*3-25H,1-2H3. The van der Waals surface area contributed by atoms with Crippen LogP contribution in [0.25, 0.3) is 225 Å². The van der Waals surface area contributed by atoms with Crippen LogP contribution < -0.4 is 0 Å². The molecule has 0 amide bonds. The fourth-order valence-electron chi connectivity index (χ4n) is 20.7. The predicted octanol–water partition coefficient (Wildman–Crippen LogP) is 30.4. The molecule has 142 heavy (non-hydrogen) atoms. The largest absolute Gasteiger partial charge is 0.456 e. The maximum Gasteiger partial charge on any atom is 0.164 e. The van der Waals surface area contributed by atoms with Crippen LogP contribution in [0.4, 0.5) is 0 Å². The van der Waals surface area contributed by atoms with E-state index in [1.807, 2.05) is 135 Å². The zero-order chi connectivity index (χ0) is 95.6. The maximum absolute atomic E-state index is 6.08. The molecule has 9 heterocycles. The zero-order valence-corrected chi connectivity index (χ0v) is 78.7. The quantitative estimate of drug-likeness (QED) is 0.0940. The Morgan fingerprint density at radius 3 is 0.845 bits per heavy atom. The Kier molecular flexibility index (Phi) is 21.9. The molecule has 3 aliphatic carbocycles. The van der Waals surface area contributed by atoms with Crippen LogP contribution in [0.5, 0.6) is 0 Å². The Labute approximate surface area is 822 Å². The molecule has 0 aliphatic heterocycles. The molecule has 9 aromatic heterocycles. The second kappa shape index (κ2) is 36.0. The molecular weight excluding hydrogens is 1740 g/mol. The van der Waals surface area contributed by atoms with Crippen molar-refractivity contribution in [2.24, 2.45) is 0 Å². The lowest BCUT2D eigenvalue weighted by atomic mass is 9.80. The topological polar surface area (TPSA) is 194 Å². The number of pyridine rings is 5. The van der Waals surface area contributed by atoms with Crippen LogP contribution >= 0.6 is 0 Å². The second-order valence-electron chi connectivity index (χ2n) is 37.5. The molecule has 3 aliphatic rings. The van der Waals surface area contributed by atoms with Crippen LogP contribution in [0.15, 0.2) is 442 Å². The van der Waals surface area contributed by atoms with E-state index in [2.05, 4.69) is 370 Å². The lowest BCUT2D eigenvalue weighted by Gasteiger charge is -2.24. The molecular formula is C127H90N14O. The number of fused-ring (bicyclic) bond motifs is 12. The van der Waals surface area contributed by atoms with Crippen LogP contribution in [-0.2, 0) is 16.2 Å². The minimum absolute atomic E-state index is 0.122. The van der Waals surface area contributed by atoms with Gasteiger partial charge in [0.15, 0.2) is 52.4 Å². The lowest BCUT2D eigenvalue weighted by molar-refractivity contribution is 0.660. The van der Waals surface area contributed by atoms with Crippen molar-refractivity contribution in [1.82, 2.24) is 69.8 Å². The maximum atomic E-state index is 6.08. The smallest absolute Gasteiger partial charge is 0.164 e. The first-order valence-electron chi connectivity index (χ1n) is 47.7. The molecule has 23 aromatic rings. The Morgan fingerprint density at radius 2 is 0.451 bits per heavy atom. The van der Waals surface area contributed by atoms with E-state index in [-0.39, 0.29) is 16.2 Å². The molecule has 26 rings (SSSR count). The van der Waals surface area contributed by atoms with Gasteiger partial charge in [0.05, 0.1) is 11.4 Å². The van der Waals surface area contributed by atoms with Crippen molar-refractivity contribution < 1.29 is 4.42 Å². The minimum Gasteiger partial charge on any atom is -0.456 e. The highest BCUT2D eigenvalue weighted by Crippen LogP contribution is 2.56. The average Bonchev–Trinajstić information content (AvgIpc) is 1.57. The van der Waals surface area contributed by atoms with Crippen LogP contribution in [0, 0.1) is 0 Å². The van der Waals surface area contributed by atoms with E-state index in [4.69, 9.17) is 49.3 Å². The number of para-hydroxylation sites is 1. The number of nitrogens with zero attached hydrogens (tertiary/aromatic N) is 14. The van der Waals surface area contributed by atoms with Crippen LogP contribution in [0.1, 0.15) is 74.9 Å². The number of aromatic nitrogens is 14. The summed E-state index contributed by atoms with van der Waals surface area (Å²) >= 11 is 0.